The number of amides is 1. The van der Waals surface area contributed by atoms with Crippen LogP contribution in [0, 0.1) is 17.0 Å². The number of benzene rings is 1. The molecule has 1 rings (SSSR count). The van der Waals surface area contributed by atoms with Crippen LogP contribution in [-0.4, -0.2) is 34.2 Å². The van der Waals surface area contributed by atoms with Gasteiger partial charge in [-0.3, -0.25) is 14.9 Å². The zero-order chi connectivity index (χ0) is 14.4. The number of carbonyl (C=O) groups is 1. The largest absolute Gasteiger partial charge is 0.339 e. The number of carbonyl (C=O) groups excluding carboxylic acids is 1. The summed E-state index contributed by atoms with van der Waals surface area (Å²) in [6, 6.07) is 4.69. The predicted octanol–water partition coefficient (Wildman–Crippen LogP) is 3.15. The molecule has 0 unspecified atom stereocenters. The molecule has 0 aliphatic rings. The van der Waals surface area contributed by atoms with E-state index >= 15 is 0 Å². The molecule has 0 heterocycles. The Balaban J connectivity index is 3.13. The van der Waals surface area contributed by atoms with E-state index in [1.54, 1.807) is 24.0 Å². The molecule has 0 N–H and O–H groups in total. The van der Waals surface area contributed by atoms with Crippen LogP contribution in [0.1, 0.15) is 29.3 Å². The first-order valence-corrected chi connectivity index (χ1v) is 7.24. The van der Waals surface area contributed by atoms with Gasteiger partial charge < -0.3 is 4.90 Å². The van der Waals surface area contributed by atoms with Gasteiger partial charge in [0.25, 0.3) is 11.6 Å². The maximum Gasteiger partial charge on any atom is 0.282 e. The zero-order valence-corrected chi connectivity index (χ0v) is 12.6. The van der Waals surface area contributed by atoms with Crippen molar-refractivity contribution in [1.82, 2.24) is 4.90 Å². The van der Waals surface area contributed by atoms with Crippen LogP contribution >= 0.6 is 15.9 Å². The molecule has 0 aliphatic carbocycles. The van der Waals surface area contributed by atoms with Gasteiger partial charge in [0.2, 0.25) is 0 Å². The van der Waals surface area contributed by atoms with E-state index in [-0.39, 0.29) is 17.2 Å². The van der Waals surface area contributed by atoms with Gasteiger partial charge in [-0.2, -0.15) is 0 Å². The van der Waals surface area contributed by atoms with Gasteiger partial charge in [0.15, 0.2) is 0 Å². The molecule has 1 amide bonds. The molecule has 1 aromatic rings. The molecule has 19 heavy (non-hydrogen) atoms. The number of nitrogens with zero attached hydrogens (tertiary/aromatic N) is 2. The second-order valence-electron chi connectivity index (χ2n) is 4.15. The van der Waals surface area contributed by atoms with E-state index in [1.165, 1.54) is 6.07 Å². The third kappa shape index (κ3) is 3.76. The van der Waals surface area contributed by atoms with Crippen molar-refractivity contribution in [3.8, 4) is 0 Å². The minimum absolute atomic E-state index is 0.123. The number of aryl methyl sites for hydroxylation is 1. The van der Waals surface area contributed by atoms with Crippen molar-refractivity contribution in [2.45, 2.75) is 20.3 Å². The summed E-state index contributed by atoms with van der Waals surface area (Å²) in [6.07, 6.45) is 0.819. The number of nitro groups is 1. The molecular weight excluding hydrogens is 312 g/mol. The lowest BCUT2D eigenvalue weighted by atomic mass is 10.1. The van der Waals surface area contributed by atoms with Crippen LogP contribution in [0.2, 0.25) is 0 Å². The molecule has 5 nitrogen and oxygen atoms in total. The number of hydrogen-bond donors (Lipinski definition) is 0. The first kappa shape index (κ1) is 15.6. The van der Waals surface area contributed by atoms with Crippen molar-refractivity contribution in [2.24, 2.45) is 0 Å². The third-order valence-electron chi connectivity index (χ3n) is 2.89. The predicted molar refractivity (Wildman–Crippen MR) is 77.8 cm³/mol. The molecule has 0 saturated heterocycles. The number of rotatable bonds is 6. The van der Waals surface area contributed by atoms with Gasteiger partial charge in [0.1, 0.15) is 5.56 Å². The Hall–Kier alpha value is -1.43. The molecule has 0 atom stereocenters. The van der Waals surface area contributed by atoms with Crippen LogP contribution in [0.25, 0.3) is 0 Å². The number of nitro benzene ring substituents is 1. The second-order valence-corrected chi connectivity index (χ2v) is 4.95. The fourth-order valence-corrected chi connectivity index (χ4v) is 2.15. The van der Waals surface area contributed by atoms with Crippen LogP contribution in [-0.2, 0) is 0 Å². The van der Waals surface area contributed by atoms with Gasteiger partial charge in [-0.05, 0) is 25.8 Å². The highest BCUT2D eigenvalue weighted by atomic mass is 79.9. The Morgan fingerprint density at radius 1 is 1.47 bits per heavy atom. The van der Waals surface area contributed by atoms with E-state index < -0.39 is 4.92 Å². The van der Waals surface area contributed by atoms with Gasteiger partial charge in [-0.1, -0.05) is 28.1 Å². The average Bonchev–Trinajstić information content (AvgIpc) is 2.38. The summed E-state index contributed by atoms with van der Waals surface area (Å²) in [5.74, 6) is -0.270. The Morgan fingerprint density at radius 2 is 2.16 bits per heavy atom. The van der Waals surface area contributed by atoms with Crippen LogP contribution in [0.3, 0.4) is 0 Å². The second kappa shape index (κ2) is 7.23. The summed E-state index contributed by atoms with van der Waals surface area (Å²) in [7, 11) is 0. The van der Waals surface area contributed by atoms with Crippen molar-refractivity contribution in [1.29, 1.82) is 0 Å². The van der Waals surface area contributed by atoms with Crippen LogP contribution in [0.4, 0.5) is 5.69 Å². The van der Waals surface area contributed by atoms with Gasteiger partial charge in [-0.15, -0.1) is 0 Å². The highest BCUT2D eigenvalue weighted by Gasteiger charge is 2.25. The smallest absolute Gasteiger partial charge is 0.282 e. The Morgan fingerprint density at radius 3 is 2.68 bits per heavy atom. The van der Waals surface area contributed by atoms with Crippen molar-refractivity contribution < 1.29 is 9.72 Å². The molecular formula is C13H17BrN2O3. The lowest BCUT2D eigenvalue weighted by Gasteiger charge is -2.21. The highest BCUT2D eigenvalue weighted by molar-refractivity contribution is 9.09. The van der Waals surface area contributed by atoms with Gasteiger partial charge in [0.05, 0.1) is 4.92 Å². The molecule has 104 valence electrons. The number of halogens is 1. The van der Waals surface area contributed by atoms with E-state index in [2.05, 4.69) is 15.9 Å². The van der Waals surface area contributed by atoms with Crippen LogP contribution < -0.4 is 0 Å². The maximum absolute atomic E-state index is 12.4. The fraction of sp³-hybridized carbons (Fsp3) is 0.462. The lowest BCUT2D eigenvalue weighted by Crippen LogP contribution is -2.33. The topological polar surface area (TPSA) is 63.5 Å². The molecule has 0 spiro atoms. The summed E-state index contributed by atoms with van der Waals surface area (Å²) in [5, 5.41) is 11.8. The SMILES string of the molecule is CCN(CCCBr)C(=O)c1c(C)cccc1[N+](=O)[O-]. The molecule has 6 heteroatoms. The van der Waals surface area contributed by atoms with Crippen molar-refractivity contribution in [3.63, 3.8) is 0 Å². The summed E-state index contributed by atoms with van der Waals surface area (Å²) in [6.45, 7) is 4.72. The molecule has 0 radical (unpaired) electrons. The van der Waals surface area contributed by atoms with E-state index in [1.807, 2.05) is 6.92 Å². The molecule has 1 aromatic carbocycles. The summed E-state index contributed by atoms with van der Waals surface area (Å²) in [5.41, 5.74) is 0.711. The third-order valence-corrected chi connectivity index (χ3v) is 3.45. The van der Waals surface area contributed by atoms with Crippen molar-refractivity contribution >= 4 is 27.5 Å². The van der Waals surface area contributed by atoms with Crippen LogP contribution in [0.5, 0.6) is 0 Å². The monoisotopic (exact) mass is 328 g/mol. The summed E-state index contributed by atoms with van der Waals surface area (Å²) < 4.78 is 0. The van der Waals surface area contributed by atoms with Crippen LogP contribution in [0.15, 0.2) is 18.2 Å². The van der Waals surface area contributed by atoms with Gasteiger partial charge >= 0.3 is 0 Å². The Labute approximate surface area is 120 Å². The molecule has 0 saturated carbocycles. The summed E-state index contributed by atoms with van der Waals surface area (Å²) >= 11 is 3.32. The lowest BCUT2D eigenvalue weighted by molar-refractivity contribution is -0.385. The summed E-state index contributed by atoms with van der Waals surface area (Å²) in [4.78, 5) is 24.6. The molecule has 0 aromatic heterocycles. The number of hydrogen-bond acceptors (Lipinski definition) is 3. The van der Waals surface area contributed by atoms with E-state index in [0.717, 1.165) is 11.8 Å². The Kier molecular flexibility index (Phi) is 5.95. The molecule has 0 aliphatic heterocycles. The first-order chi connectivity index (χ1) is 9.02. The quantitative estimate of drug-likeness (QED) is 0.457. The highest BCUT2D eigenvalue weighted by Crippen LogP contribution is 2.23. The normalized spacial score (nSPS) is 10.3. The minimum Gasteiger partial charge on any atom is -0.339 e. The van der Waals surface area contributed by atoms with Gasteiger partial charge in [0, 0.05) is 24.5 Å². The Bertz CT molecular complexity index is 477. The fourth-order valence-electron chi connectivity index (χ4n) is 1.89. The molecule has 0 fully saturated rings. The van der Waals surface area contributed by atoms with E-state index in [9.17, 15) is 14.9 Å². The minimum atomic E-state index is -0.501. The first-order valence-electron chi connectivity index (χ1n) is 6.12. The number of alkyl halides is 1. The van der Waals surface area contributed by atoms with Crippen molar-refractivity contribution in [2.75, 3.05) is 18.4 Å². The zero-order valence-electron chi connectivity index (χ0n) is 11.1. The van der Waals surface area contributed by atoms with E-state index in [4.69, 9.17) is 0 Å². The average molecular weight is 329 g/mol. The molecule has 0 bridgehead atoms. The van der Waals surface area contributed by atoms with E-state index in [0.29, 0.717) is 18.7 Å². The standard InChI is InChI=1S/C13H17BrN2O3/c1-3-15(9-5-8-14)13(17)12-10(2)6-4-7-11(12)16(18)19/h4,6-7H,3,5,8-9H2,1-2H3. The van der Waals surface area contributed by atoms with Crippen molar-refractivity contribution in [3.05, 3.63) is 39.4 Å². The maximum atomic E-state index is 12.4. The van der Waals surface area contributed by atoms with Gasteiger partial charge in [-0.25, -0.2) is 0 Å².